The Bertz CT molecular complexity index is 852. The lowest BCUT2D eigenvalue weighted by Gasteiger charge is -2.09. The van der Waals surface area contributed by atoms with E-state index in [4.69, 9.17) is 9.47 Å². The number of phenolic OH excluding ortho intramolecular Hbond substituents is 1. The molecule has 1 N–H and O–H groups in total. The normalized spacial score (nSPS) is 10.4. The summed E-state index contributed by atoms with van der Waals surface area (Å²) in [4.78, 5) is 11.2. The zero-order valence-electron chi connectivity index (χ0n) is 13.3. The predicted octanol–water partition coefficient (Wildman–Crippen LogP) is 3.83. The van der Waals surface area contributed by atoms with E-state index in [1.54, 1.807) is 62.5 Å². The van der Waals surface area contributed by atoms with Crippen LogP contribution in [0.1, 0.15) is 16.1 Å². The van der Waals surface area contributed by atoms with Crippen LogP contribution in [-0.2, 0) is 7.05 Å². The molecule has 0 aliphatic carbocycles. The van der Waals surface area contributed by atoms with Crippen LogP contribution in [0.3, 0.4) is 0 Å². The molecule has 122 valence electrons. The Balaban J connectivity index is 1.75. The number of aryl methyl sites for hydroxylation is 2. The smallest absolute Gasteiger partial charge is 0.228 e. The number of aromatic hydroxyl groups is 1. The minimum atomic E-state index is 0.184. The molecule has 0 saturated heterocycles. The van der Waals surface area contributed by atoms with Gasteiger partial charge in [-0.15, -0.1) is 0 Å². The van der Waals surface area contributed by atoms with E-state index >= 15 is 0 Å². The number of benzene rings is 2. The summed E-state index contributed by atoms with van der Waals surface area (Å²) in [6, 6.07) is 13.5. The quantitative estimate of drug-likeness (QED) is 0.722. The van der Waals surface area contributed by atoms with Crippen molar-refractivity contribution in [3.63, 3.8) is 0 Å². The number of ether oxygens (including phenoxy) is 2. The van der Waals surface area contributed by atoms with Crippen molar-refractivity contribution in [3.05, 3.63) is 59.8 Å². The molecule has 2 aromatic carbocycles. The standard InChI is InChI=1S/C18H16N2O4/c1-12-17(11-21)18(20(2)19-12)24-16-9-7-15(8-10-16)23-14-5-3-13(22)4-6-14/h3-11,22H,1-2H3. The van der Waals surface area contributed by atoms with E-state index in [9.17, 15) is 9.90 Å². The van der Waals surface area contributed by atoms with Crippen LogP contribution in [0.25, 0.3) is 0 Å². The number of hydrogen-bond donors (Lipinski definition) is 1. The van der Waals surface area contributed by atoms with Gasteiger partial charge in [0, 0.05) is 7.05 Å². The van der Waals surface area contributed by atoms with Crippen molar-refractivity contribution in [1.82, 2.24) is 9.78 Å². The molecule has 0 aliphatic heterocycles. The first-order valence-electron chi connectivity index (χ1n) is 7.30. The second-order valence-corrected chi connectivity index (χ2v) is 5.22. The maximum atomic E-state index is 11.2. The molecular weight excluding hydrogens is 308 g/mol. The van der Waals surface area contributed by atoms with Crippen LogP contribution in [0.2, 0.25) is 0 Å². The highest BCUT2D eigenvalue weighted by molar-refractivity contribution is 5.80. The van der Waals surface area contributed by atoms with Crippen molar-refractivity contribution >= 4 is 6.29 Å². The maximum absolute atomic E-state index is 11.2. The van der Waals surface area contributed by atoms with E-state index < -0.39 is 0 Å². The second-order valence-electron chi connectivity index (χ2n) is 5.22. The fourth-order valence-corrected chi connectivity index (χ4v) is 2.25. The number of carbonyl (C=O) groups is 1. The zero-order chi connectivity index (χ0) is 17.1. The third-order valence-electron chi connectivity index (χ3n) is 3.44. The summed E-state index contributed by atoms with van der Waals surface area (Å²) in [5.74, 6) is 2.40. The van der Waals surface area contributed by atoms with Crippen LogP contribution < -0.4 is 9.47 Å². The molecule has 0 fully saturated rings. The monoisotopic (exact) mass is 324 g/mol. The highest BCUT2D eigenvalue weighted by atomic mass is 16.5. The molecule has 0 bridgehead atoms. The lowest BCUT2D eigenvalue weighted by atomic mass is 10.3. The van der Waals surface area contributed by atoms with E-state index in [1.165, 1.54) is 4.68 Å². The van der Waals surface area contributed by atoms with Gasteiger partial charge in [-0.3, -0.25) is 4.79 Å². The van der Waals surface area contributed by atoms with Crippen molar-refractivity contribution in [2.75, 3.05) is 0 Å². The summed E-state index contributed by atoms with van der Waals surface area (Å²) in [5, 5.41) is 13.4. The molecule has 3 aromatic rings. The highest BCUT2D eigenvalue weighted by Crippen LogP contribution is 2.29. The zero-order valence-corrected chi connectivity index (χ0v) is 13.3. The Morgan fingerprint density at radius 3 is 2.00 bits per heavy atom. The van der Waals surface area contributed by atoms with Gasteiger partial charge in [0.1, 0.15) is 23.0 Å². The van der Waals surface area contributed by atoms with Crippen LogP contribution in [-0.4, -0.2) is 21.2 Å². The van der Waals surface area contributed by atoms with Gasteiger partial charge in [0.2, 0.25) is 5.88 Å². The van der Waals surface area contributed by atoms with Crippen LogP contribution in [0.15, 0.2) is 48.5 Å². The van der Waals surface area contributed by atoms with Gasteiger partial charge in [-0.25, -0.2) is 4.68 Å². The van der Waals surface area contributed by atoms with Gasteiger partial charge in [0.05, 0.1) is 11.3 Å². The summed E-state index contributed by atoms with van der Waals surface area (Å²) < 4.78 is 13.0. The fourth-order valence-electron chi connectivity index (χ4n) is 2.25. The first-order valence-corrected chi connectivity index (χ1v) is 7.30. The number of carbonyl (C=O) groups excluding carboxylic acids is 1. The first-order chi connectivity index (χ1) is 11.6. The summed E-state index contributed by atoms with van der Waals surface area (Å²) in [5.41, 5.74) is 1.05. The molecule has 6 nitrogen and oxygen atoms in total. The Labute approximate surface area is 138 Å². The summed E-state index contributed by atoms with van der Waals surface area (Å²) in [6.45, 7) is 1.76. The van der Waals surface area contributed by atoms with E-state index in [0.717, 1.165) is 6.29 Å². The van der Waals surface area contributed by atoms with Crippen LogP contribution >= 0.6 is 0 Å². The number of phenols is 1. The van der Waals surface area contributed by atoms with Gasteiger partial charge in [-0.2, -0.15) is 5.10 Å². The summed E-state index contributed by atoms with van der Waals surface area (Å²) in [6.07, 6.45) is 0.736. The molecule has 6 heteroatoms. The number of nitrogens with zero attached hydrogens (tertiary/aromatic N) is 2. The van der Waals surface area contributed by atoms with Crippen molar-refractivity contribution in [2.24, 2.45) is 7.05 Å². The topological polar surface area (TPSA) is 73.6 Å². The van der Waals surface area contributed by atoms with Crippen LogP contribution in [0, 0.1) is 6.92 Å². The van der Waals surface area contributed by atoms with Gasteiger partial charge in [-0.1, -0.05) is 0 Å². The molecule has 0 unspecified atom stereocenters. The summed E-state index contributed by atoms with van der Waals surface area (Å²) >= 11 is 0. The molecule has 0 aliphatic rings. The first kappa shape index (κ1) is 15.6. The van der Waals surface area contributed by atoms with Crippen molar-refractivity contribution in [3.8, 4) is 28.9 Å². The molecule has 1 heterocycles. The van der Waals surface area contributed by atoms with Gasteiger partial charge in [-0.05, 0) is 55.5 Å². The summed E-state index contributed by atoms with van der Waals surface area (Å²) in [7, 11) is 1.72. The van der Waals surface area contributed by atoms with E-state index in [-0.39, 0.29) is 5.75 Å². The molecule has 0 atom stereocenters. The minimum absolute atomic E-state index is 0.184. The predicted molar refractivity (Wildman–Crippen MR) is 88.0 cm³/mol. The number of hydrogen-bond acceptors (Lipinski definition) is 5. The molecule has 0 saturated carbocycles. The average Bonchev–Trinajstić information content (AvgIpc) is 2.84. The maximum Gasteiger partial charge on any atom is 0.228 e. The number of aromatic nitrogens is 2. The van der Waals surface area contributed by atoms with Crippen molar-refractivity contribution < 1.29 is 19.4 Å². The van der Waals surface area contributed by atoms with E-state index in [1.807, 2.05) is 0 Å². The van der Waals surface area contributed by atoms with E-state index in [0.29, 0.717) is 34.4 Å². The SMILES string of the molecule is Cc1nn(C)c(Oc2ccc(Oc3ccc(O)cc3)cc2)c1C=O. The Hall–Kier alpha value is -3.28. The Morgan fingerprint density at radius 2 is 1.46 bits per heavy atom. The Morgan fingerprint density at radius 1 is 0.958 bits per heavy atom. The van der Waals surface area contributed by atoms with Crippen LogP contribution in [0.4, 0.5) is 0 Å². The van der Waals surface area contributed by atoms with E-state index in [2.05, 4.69) is 5.10 Å². The van der Waals surface area contributed by atoms with Gasteiger partial charge in [0.25, 0.3) is 0 Å². The van der Waals surface area contributed by atoms with Gasteiger partial charge < -0.3 is 14.6 Å². The molecule has 0 radical (unpaired) electrons. The van der Waals surface area contributed by atoms with Gasteiger partial charge in [0.15, 0.2) is 6.29 Å². The Kier molecular flexibility index (Phi) is 4.20. The number of aldehydes is 1. The molecule has 24 heavy (non-hydrogen) atoms. The minimum Gasteiger partial charge on any atom is -0.508 e. The third kappa shape index (κ3) is 3.22. The molecule has 0 amide bonds. The molecular formula is C18H16N2O4. The molecule has 3 rings (SSSR count). The van der Waals surface area contributed by atoms with Crippen molar-refractivity contribution in [2.45, 2.75) is 6.92 Å². The highest BCUT2D eigenvalue weighted by Gasteiger charge is 2.14. The number of rotatable bonds is 5. The average molecular weight is 324 g/mol. The lowest BCUT2D eigenvalue weighted by molar-refractivity contribution is 0.112. The lowest BCUT2D eigenvalue weighted by Crippen LogP contribution is -1.96. The van der Waals surface area contributed by atoms with Crippen molar-refractivity contribution in [1.29, 1.82) is 0 Å². The van der Waals surface area contributed by atoms with Crippen LogP contribution in [0.5, 0.6) is 28.9 Å². The second kappa shape index (κ2) is 6.45. The third-order valence-corrected chi connectivity index (χ3v) is 3.44. The molecule has 0 spiro atoms. The molecule has 1 aromatic heterocycles. The largest absolute Gasteiger partial charge is 0.508 e. The van der Waals surface area contributed by atoms with Gasteiger partial charge >= 0.3 is 0 Å². The fraction of sp³-hybridized carbons (Fsp3) is 0.111.